The Balaban J connectivity index is 2.00. The lowest BCUT2D eigenvalue weighted by Gasteiger charge is -2.22. The molecule has 1 atom stereocenters. The fourth-order valence-electron chi connectivity index (χ4n) is 2.74. The molecule has 156 valence electrons. The molecule has 0 fully saturated rings. The van der Waals surface area contributed by atoms with Crippen molar-refractivity contribution in [1.82, 2.24) is 19.9 Å². The van der Waals surface area contributed by atoms with Gasteiger partial charge in [-0.25, -0.2) is 9.97 Å². The minimum atomic E-state index is -5.50. The van der Waals surface area contributed by atoms with Gasteiger partial charge in [0, 0.05) is 17.6 Å². The fraction of sp³-hybridized carbons (Fsp3) is 0.312. The molecule has 3 rings (SSSR count). The number of nitrogens with zero attached hydrogens (tertiary/aromatic N) is 3. The Hall–Kier alpha value is -2.21. The van der Waals surface area contributed by atoms with E-state index in [0.717, 1.165) is 11.8 Å². The zero-order chi connectivity index (χ0) is 21.6. The second kappa shape index (κ2) is 7.56. The van der Waals surface area contributed by atoms with Crippen LogP contribution < -0.4 is 5.73 Å². The number of halogens is 7. The molecule has 13 heteroatoms. The van der Waals surface area contributed by atoms with Crippen molar-refractivity contribution in [3.05, 3.63) is 40.9 Å². The van der Waals surface area contributed by atoms with Crippen molar-refractivity contribution in [2.45, 2.75) is 35.6 Å². The topological polar surface area (TPSA) is 80.5 Å². The van der Waals surface area contributed by atoms with Crippen LogP contribution in [0.15, 0.2) is 29.7 Å². The molecule has 0 spiro atoms. The summed E-state index contributed by atoms with van der Waals surface area (Å²) >= 11 is 6.86. The molecule has 3 aromatic heterocycles. The van der Waals surface area contributed by atoms with E-state index in [1.807, 2.05) is 0 Å². The smallest absolute Gasteiger partial charge is 0.384 e. The minimum absolute atomic E-state index is 0.0581. The summed E-state index contributed by atoms with van der Waals surface area (Å²) in [5.41, 5.74) is 4.98. The van der Waals surface area contributed by atoms with Crippen LogP contribution in [0.5, 0.6) is 0 Å². The molecule has 29 heavy (non-hydrogen) atoms. The van der Waals surface area contributed by atoms with E-state index in [1.165, 1.54) is 18.3 Å². The van der Waals surface area contributed by atoms with Crippen molar-refractivity contribution < 1.29 is 26.3 Å². The summed E-state index contributed by atoms with van der Waals surface area (Å²) in [7, 11) is 0. The van der Waals surface area contributed by atoms with Gasteiger partial charge in [0.05, 0.1) is 22.7 Å². The first kappa shape index (κ1) is 21.5. The van der Waals surface area contributed by atoms with Crippen LogP contribution in [0.3, 0.4) is 0 Å². The highest BCUT2D eigenvalue weighted by Gasteiger charge is 2.58. The zero-order valence-electron chi connectivity index (χ0n) is 14.4. The van der Waals surface area contributed by atoms with Gasteiger partial charge < -0.3 is 10.7 Å². The standard InChI is InChI=1S/C16H12ClF6N5S/c1-6(29-14-27-11(17)3-12(24)28-14)9-2-7-8(4-25-10(7)5-26-9)13(15(18,19)20)16(21,22)23/h2-6,13,25H,1H3,(H2,24,27,28). The lowest BCUT2D eigenvalue weighted by molar-refractivity contribution is -0.253. The summed E-state index contributed by atoms with van der Waals surface area (Å²) in [6.07, 6.45) is -9.10. The molecule has 3 aromatic rings. The molecule has 0 aromatic carbocycles. The number of fused-ring (bicyclic) bond motifs is 1. The second-order valence-electron chi connectivity index (χ2n) is 6.07. The van der Waals surface area contributed by atoms with Gasteiger partial charge in [0.2, 0.25) is 0 Å². The number of alkyl halides is 6. The third-order valence-corrected chi connectivity index (χ3v) is 5.16. The molecule has 0 aliphatic heterocycles. The van der Waals surface area contributed by atoms with Crippen molar-refractivity contribution in [3.63, 3.8) is 0 Å². The minimum Gasteiger partial charge on any atom is -0.384 e. The Bertz CT molecular complexity index is 1000. The largest absolute Gasteiger partial charge is 0.404 e. The number of anilines is 1. The maximum Gasteiger partial charge on any atom is 0.404 e. The average Bonchev–Trinajstić information content (AvgIpc) is 2.94. The normalized spacial score (nSPS) is 14.0. The third kappa shape index (κ3) is 4.69. The summed E-state index contributed by atoms with van der Waals surface area (Å²) in [6, 6.07) is 2.53. The highest BCUT2D eigenvalue weighted by molar-refractivity contribution is 7.99. The van der Waals surface area contributed by atoms with Gasteiger partial charge in [-0.2, -0.15) is 26.3 Å². The van der Waals surface area contributed by atoms with E-state index in [1.54, 1.807) is 6.92 Å². The number of thioether (sulfide) groups is 1. The molecule has 0 aliphatic carbocycles. The Morgan fingerprint density at radius 1 is 1.10 bits per heavy atom. The number of aromatic amines is 1. The van der Waals surface area contributed by atoms with E-state index in [2.05, 4.69) is 19.9 Å². The summed E-state index contributed by atoms with van der Waals surface area (Å²) in [4.78, 5) is 14.5. The quantitative estimate of drug-likeness (QED) is 0.230. The van der Waals surface area contributed by atoms with Gasteiger partial charge in [-0.15, -0.1) is 0 Å². The summed E-state index contributed by atoms with van der Waals surface area (Å²) < 4.78 is 78.8. The van der Waals surface area contributed by atoms with Gasteiger partial charge in [-0.3, -0.25) is 4.98 Å². The van der Waals surface area contributed by atoms with Gasteiger partial charge in [0.1, 0.15) is 11.0 Å². The SMILES string of the molecule is CC(Sc1nc(N)cc(Cl)n1)c1cc2c(C(C(F)(F)F)C(F)(F)F)c[nH]c2cn1. The molecular formula is C16H12ClF6N5S. The maximum atomic E-state index is 13.1. The molecule has 0 saturated carbocycles. The number of nitrogens with one attached hydrogen (secondary N) is 1. The molecule has 0 saturated heterocycles. The first-order valence-corrected chi connectivity index (χ1v) is 9.19. The van der Waals surface area contributed by atoms with Gasteiger partial charge in [-0.05, 0) is 18.6 Å². The van der Waals surface area contributed by atoms with Crippen LogP contribution in [0.2, 0.25) is 5.15 Å². The molecule has 3 heterocycles. The molecule has 0 aliphatic rings. The first-order valence-electron chi connectivity index (χ1n) is 7.93. The van der Waals surface area contributed by atoms with Crippen molar-refractivity contribution in [2.24, 2.45) is 0 Å². The molecule has 0 bridgehead atoms. The first-order chi connectivity index (χ1) is 13.4. The number of hydrogen-bond donors (Lipinski definition) is 2. The Kier molecular flexibility index (Phi) is 5.60. The van der Waals surface area contributed by atoms with Crippen LogP contribution in [0.25, 0.3) is 10.9 Å². The number of nitrogen functional groups attached to an aromatic ring is 1. The summed E-state index contributed by atoms with van der Waals surface area (Å²) in [5.74, 6) is -3.49. The van der Waals surface area contributed by atoms with Gasteiger partial charge in [0.25, 0.3) is 0 Å². The summed E-state index contributed by atoms with van der Waals surface area (Å²) in [6.45, 7) is 1.65. The second-order valence-corrected chi connectivity index (χ2v) is 7.77. The van der Waals surface area contributed by atoms with Gasteiger partial charge >= 0.3 is 12.4 Å². The van der Waals surface area contributed by atoms with E-state index < -0.39 is 29.1 Å². The zero-order valence-corrected chi connectivity index (χ0v) is 16.0. The van der Waals surface area contributed by atoms with Gasteiger partial charge in [-0.1, -0.05) is 23.4 Å². The molecular weight excluding hydrogens is 444 g/mol. The Morgan fingerprint density at radius 3 is 2.34 bits per heavy atom. The molecule has 0 radical (unpaired) electrons. The van der Waals surface area contributed by atoms with Crippen LogP contribution in [-0.4, -0.2) is 32.3 Å². The highest BCUT2D eigenvalue weighted by Crippen LogP contribution is 2.48. The Morgan fingerprint density at radius 2 is 1.76 bits per heavy atom. The lowest BCUT2D eigenvalue weighted by Crippen LogP contribution is -2.33. The van der Waals surface area contributed by atoms with E-state index in [-0.39, 0.29) is 32.7 Å². The number of aromatic nitrogens is 4. The van der Waals surface area contributed by atoms with Crippen molar-refractivity contribution in [3.8, 4) is 0 Å². The predicted octanol–water partition coefficient (Wildman–Crippen LogP) is 5.65. The van der Waals surface area contributed by atoms with Crippen LogP contribution in [0, 0.1) is 0 Å². The monoisotopic (exact) mass is 455 g/mol. The van der Waals surface area contributed by atoms with E-state index in [0.29, 0.717) is 6.20 Å². The van der Waals surface area contributed by atoms with E-state index >= 15 is 0 Å². The number of pyridine rings is 1. The van der Waals surface area contributed by atoms with Crippen LogP contribution >= 0.6 is 23.4 Å². The van der Waals surface area contributed by atoms with Crippen molar-refractivity contribution >= 4 is 40.1 Å². The molecule has 1 unspecified atom stereocenters. The van der Waals surface area contributed by atoms with E-state index in [4.69, 9.17) is 17.3 Å². The summed E-state index contributed by atoms with van der Waals surface area (Å²) in [5, 5.41) is -0.423. The maximum absolute atomic E-state index is 13.1. The van der Waals surface area contributed by atoms with Crippen molar-refractivity contribution in [2.75, 3.05) is 5.73 Å². The number of nitrogens with two attached hydrogens (primary N) is 1. The third-order valence-electron chi connectivity index (χ3n) is 3.98. The van der Waals surface area contributed by atoms with E-state index in [9.17, 15) is 26.3 Å². The van der Waals surface area contributed by atoms with Gasteiger partial charge in [0.15, 0.2) is 11.1 Å². The molecule has 0 amide bonds. The number of hydrogen-bond acceptors (Lipinski definition) is 5. The highest BCUT2D eigenvalue weighted by atomic mass is 35.5. The van der Waals surface area contributed by atoms with Crippen LogP contribution in [-0.2, 0) is 0 Å². The predicted molar refractivity (Wildman–Crippen MR) is 96.7 cm³/mol. The Labute approximate surface area is 169 Å². The molecule has 5 nitrogen and oxygen atoms in total. The fourth-order valence-corrected chi connectivity index (χ4v) is 3.86. The molecule has 3 N–H and O–H groups in total. The number of H-pyrrole nitrogens is 1. The average molecular weight is 456 g/mol. The van der Waals surface area contributed by atoms with Crippen LogP contribution in [0.4, 0.5) is 32.2 Å². The van der Waals surface area contributed by atoms with Crippen LogP contribution in [0.1, 0.15) is 29.3 Å². The van der Waals surface area contributed by atoms with Crippen molar-refractivity contribution in [1.29, 1.82) is 0 Å². The lowest BCUT2D eigenvalue weighted by atomic mass is 9.97. The number of rotatable bonds is 4.